The van der Waals surface area contributed by atoms with E-state index in [-0.39, 0.29) is 44.0 Å². The molecular formula is C44H55N7O7. The third kappa shape index (κ3) is 18.5. The molecule has 4 amide bonds. The number of guanidine groups is 1. The Morgan fingerprint density at radius 3 is 1.64 bits per heavy atom. The number of anilines is 1. The van der Waals surface area contributed by atoms with E-state index in [1.165, 1.54) is 0 Å². The summed E-state index contributed by atoms with van der Waals surface area (Å²) in [6.07, 6.45) is 3.26. The Labute approximate surface area is 340 Å². The second-order valence-electron chi connectivity index (χ2n) is 13.6. The summed E-state index contributed by atoms with van der Waals surface area (Å²) in [5.74, 6) is -0.731. The van der Waals surface area contributed by atoms with Crippen LogP contribution in [0.2, 0.25) is 0 Å². The highest BCUT2D eigenvalue weighted by atomic mass is 16.6. The lowest BCUT2D eigenvalue weighted by Gasteiger charge is -2.19. The number of hydrogen-bond acceptors (Lipinski definition) is 8. The van der Waals surface area contributed by atoms with E-state index in [1.54, 1.807) is 0 Å². The number of benzene rings is 4. The van der Waals surface area contributed by atoms with Crippen LogP contribution in [0.15, 0.2) is 109 Å². The van der Waals surface area contributed by atoms with Gasteiger partial charge in [-0.3, -0.25) is 15.0 Å². The number of aryl methyl sites for hydroxylation is 2. The van der Waals surface area contributed by atoms with E-state index in [0.717, 1.165) is 40.7 Å². The van der Waals surface area contributed by atoms with Crippen LogP contribution in [-0.2, 0) is 56.5 Å². The molecule has 1 unspecified atom stereocenters. The van der Waals surface area contributed by atoms with Gasteiger partial charge in [-0.1, -0.05) is 97.1 Å². The van der Waals surface area contributed by atoms with Crippen molar-refractivity contribution in [3.63, 3.8) is 0 Å². The maximum absolute atomic E-state index is 13.1. The molecule has 4 rings (SSSR count). The topological polar surface area (TPSA) is 206 Å². The van der Waals surface area contributed by atoms with Crippen molar-refractivity contribution < 1.29 is 33.4 Å². The van der Waals surface area contributed by atoms with Gasteiger partial charge in [0.15, 0.2) is 5.96 Å². The molecule has 0 fully saturated rings. The highest BCUT2D eigenvalue weighted by Crippen LogP contribution is 2.12. The summed E-state index contributed by atoms with van der Waals surface area (Å²) in [7, 11) is 0. The zero-order valence-electron chi connectivity index (χ0n) is 32.8. The zero-order chi connectivity index (χ0) is 41.2. The van der Waals surface area contributed by atoms with Crippen LogP contribution in [0.5, 0.6) is 0 Å². The van der Waals surface area contributed by atoms with Crippen LogP contribution in [0.25, 0.3) is 0 Å². The smallest absolute Gasteiger partial charge is 0.407 e. The van der Waals surface area contributed by atoms with Crippen molar-refractivity contribution in [2.75, 3.05) is 31.6 Å². The predicted molar refractivity (Wildman–Crippen MR) is 223 cm³/mol. The maximum atomic E-state index is 13.1. The summed E-state index contributed by atoms with van der Waals surface area (Å²) in [6.45, 7) is 1.90. The Bertz CT molecular complexity index is 1840. The summed E-state index contributed by atoms with van der Waals surface area (Å²) in [5.41, 5.74) is 11.0. The number of amides is 4. The minimum atomic E-state index is -0.867. The SMILES string of the molecule is N=C(N)Nc1ccc(CCCC(=O)NC(COCc2ccccc2)C(=O)NCCCCNC(=O)OCc2ccc(CCCNC(=O)OCc3ccccc3)cc2)cc1. The van der Waals surface area contributed by atoms with Crippen LogP contribution in [0.4, 0.5) is 15.3 Å². The third-order valence-electron chi connectivity index (χ3n) is 8.84. The number of carbonyl (C=O) groups is 4. The van der Waals surface area contributed by atoms with Crippen LogP contribution in [0.3, 0.4) is 0 Å². The monoisotopic (exact) mass is 793 g/mol. The van der Waals surface area contributed by atoms with E-state index in [9.17, 15) is 19.2 Å². The quantitative estimate of drug-likeness (QED) is 0.0264. The first-order valence-corrected chi connectivity index (χ1v) is 19.5. The fourth-order valence-corrected chi connectivity index (χ4v) is 5.72. The molecule has 4 aromatic carbocycles. The van der Waals surface area contributed by atoms with Gasteiger partial charge in [0.05, 0.1) is 13.2 Å². The van der Waals surface area contributed by atoms with Gasteiger partial charge in [-0.25, -0.2) is 9.59 Å². The van der Waals surface area contributed by atoms with Crippen LogP contribution in [0, 0.1) is 5.41 Å². The molecule has 0 radical (unpaired) electrons. The van der Waals surface area contributed by atoms with Gasteiger partial charge in [0.2, 0.25) is 11.8 Å². The molecule has 0 saturated heterocycles. The van der Waals surface area contributed by atoms with E-state index in [1.807, 2.05) is 109 Å². The van der Waals surface area contributed by atoms with Crippen molar-refractivity contribution in [3.05, 3.63) is 137 Å². The standard InChI is InChI=1S/C44H55N7O7/c45-42(46)50-38-24-22-33(23-25-38)15-9-17-40(52)51-39(32-56-29-35-11-3-1-4-12-35)41(53)47-26-7-8-27-48-43(54)58-31-37-20-18-34(19-21-37)16-10-28-49-44(55)57-30-36-13-5-2-6-14-36/h1-6,11-14,18-25,39H,7-10,15-17,26-32H2,(H,47,53)(H,48,54)(H,49,55)(H,51,52)(H4,45,46,50). The number of nitrogens with one attached hydrogen (secondary N) is 6. The molecule has 14 heteroatoms. The second-order valence-corrected chi connectivity index (χ2v) is 13.6. The van der Waals surface area contributed by atoms with Crippen molar-refractivity contribution >= 4 is 35.6 Å². The van der Waals surface area contributed by atoms with E-state index >= 15 is 0 Å². The molecule has 0 aromatic heterocycles. The summed E-state index contributed by atoms with van der Waals surface area (Å²) in [4.78, 5) is 50.1. The Balaban J connectivity index is 1.07. The normalized spacial score (nSPS) is 11.1. The van der Waals surface area contributed by atoms with Crippen LogP contribution in [0.1, 0.15) is 59.9 Å². The maximum Gasteiger partial charge on any atom is 0.407 e. The predicted octanol–water partition coefficient (Wildman–Crippen LogP) is 5.70. The summed E-state index contributed by atoms with van der Waals surface area (Å²) >= 11 is 0. The summed E-state index contributed by atoms with van der Waals surface area (Å²) < 4.78 is 16.4. The lowest BCUT2D eigenvalue weighted by molar-refractivity contribution is -0.130. The average molecular weight is 794 g/mol. The van der Waals surface area contributed by atoms with Gasteiger partial charge in [-0.2, -0.15) is 0 Å². The number of carbonyl (C=O) groups excluding carboxylic acids is 4. The van der Waals surface area contributed by atoms with Gasteiger partial charge in [0.25, 0.3) is 0 Å². The minimum absolute atomic E-state index is 0.0125. The third-order valence-corrected chi connectivity index (χ3v) is 8.84. The number of alkyl carbamates (subject to hydrolysis) is 2. The molecule has 0 spiro atoms. The molecule has 1 atom stereocenters. The lowest BCUT2D eigenvalue weighted by Crippen LogP contribution is -2.49. The van der Waals surface area contributed by atoms with Crippen LogP contribution < -0.4 is 32.3 Å². The molecular weight excluding hydrogens is 739 g/mol. The molecule has 308 valence electrons. The lowest BCUT2D eigenvalue weighted by atomic mass is 10.1. The average Bonchev–Trinajstić information content (AvgIpc) is 3.23. The van der Waals surface area contributed by atoms with Crippen molar-refractivity contribution in [2.45, 2.75) is 70.8 Å². The number of unbranched alkanes of at least 4 members (excludes halogenated alkanes) is 1. The first-order valence-electron chi connectivity index (χ1n) is 19.5. The fourth-order valence-electron chi connectivity index (χ4n) is 5.72. The van der Waals surface area contributed by atoms with Crippen LogP contribution >= 0.6 is 0 Å². The van der Waals surface area contributed by atoms with E-state index < -0.39 is 18.2 Å². The van der Waals surface area contributed by atoms with E-state index in [0.29, 0.717) is 57.6 Å². The Hall–Kier alpha value is -6.41. The molecule has 0 aliphatic rings. The number of ether oxygens (including phenoxy) is 3. The van der Waals surface area contributed by atoms with Crippen molar-refractivity contribution in [1.82, 2.24) is 21.3 Å². The summed E-state index contributed by atoms with van der Waals surface area (Å²) in [5, 5.41) is 21.3. The highest BCUT2D eigenvalue weighted by Gasteiger charge is 2.21. The van der Waals surface area contributed by atoms with Gasteiger partial charge >= 0.3 is 12.2 Å². The van der Waals surface area contributed by atoms with Gasteiger partial charge in [0.1, 0.15) is 19.3 Å². The first-order chi connectivity index (χ1) is 28.2. The van der Waals surface area contributed by atoms with E-state index in [2.05, 4.69) is 26.6 Å². The molecule has 0 aliphatic carbocycles. The van der Waals surface area contributed by atoms with Crippen molar-refractivity contribution in [2.24, 2.45) is 5.73 Å². The van der Waals surface area contributed by atoms with Crippen molar-refractivity contribution in [1.29, 1.82) is 5.41 Å². The highest BCUT2D eigenvalue weighted by molar-refractivity contribution is 5.89. The van der Waals surface area contributed by atoms with E-state index in [4.69, 9.17) is 25.4 Å². The minimum Gasteiger partial charge on any atom is -0.445 e. The molecule has 58 heavy (non-hydrogen) atoms. The van der Waals surface area contributed by atoms with Gasteiger partial charge < -0.3 is 46.5 Å². The number of rotatable bonds is 24. The van der Waals surface area contributed by atoms with Gasteiger partial charge in [0, 0.05) is 31.7 Å². The molecule has 8 N–H and O–H groups in total. The van der Waals surface area contributed by atoms with Gasteiger partial charge in [-0.05, 0) is 78.5 Å². The zero-order valence-corrected chi connectivity index (χ0v) is 32.8. The Morgan fingerprint density at radius 2 is 1.05 bits per heavy atom. The van der Waals surface area contributed by atoms with Crippen molar-refractivity contribution in [3.8, 4) is 0 Å². The Kier molecular flexibility index (Phi) is 19.6. The molecule has 4 aromatic rings. The fraction of sp³-hybridized carbons (Fsp3) is 0.341. The molecule has 0 aliphatic heterocycles. The summed E-state index contributed by atoms with van der Waals surface area (Å²) in [6, 6.07) is 33.5. The molecule has 14 nitrogen and oxygen atoms in total. The number of hydrogen-bond donors (Lipinski definition) is 7. The second kappa shape index (κ2) is 25.7. The van der Waals surface area contributed by atoms with Crippen LogP contribution in [-0.4, -0.2) is 62.2 Å². The number of nitrogens with two attached hydrogens (primary N) is 1. The molecule has 0 heterocycles. The Morgan fingerprint density at radius 1 is 0.569 bits per heavy atom. The first kappa shape index (κ1) is 44.3. The molecule has 0 saturated carbocycles. The largest absolute Gasteiger partial charge is 0.445 e. The van der Waals surface area contributed by atoms with Gasteiger partial charge in [-0.15, -0.1) is 0 Å². The molecule has 0 bridgehead atoms.